The van der Waals surface area contributed by atoms with Crippen LogP contribution in [-0.2, 0) is 11.2 Å². The number of alkyl halides is 3. The van der Waals surface area contributed by atoms with Gasteiger partial charge in [0.25, 0.3) is 0 Å². The number of benzene rings is 1. The summed E-state index contributed by atoms with van der Waals surface area (Å²) >= 11 is 0. The number of halogens is 3. The van der Waals surface area contributed by atoms with Gasteiger partial charge in [0.05, 0.1) is 0 Å². The van der Waals surface area contributed by atoms with Crippen LogP contribution < -0.4 is 0 Å². The fourth-order valence-corrected chi connectivity index (χ4v) is 1.52. The van der Waals surface area contributed by atoms with Crippen LogP contribution in [-0.4, -0.2) is 12.0 Å². The molecule has 0 radical (unpaired) electrons. The molecule has 0 aliphatic heterocycles. The topological polar surface area (TPSA) is 17.1 Å². The van der Waals surface area contributed by atoms with Crippen LogP contribution in [0.1, 0.15) is 23.1 Å². The summed E-state index contributed by atoms with van der Waals surface area (Å²) in [6, 6.07) is 5.50. The van der Waals surface area contributed by atoms with Crippen molar-refractivity contribution >= 4 is 5.78 Å². The van der Waals surface area contributed by atoms with E-state index < -0.39 is 18.4 Å². The van der Waals surface area contributed by atoms with Gasteiger partial charge in [0.15, 0.2) is 0 Å². The Morgan fingerprint density at radius 3 is 2.38 bits per heavy atom. The number of hydrogen-bond acceptors (Lipinski definition) is 1. The molecular weight excluding hydrogens is 217 g/mol. The zero-order valence-electron chi connectivity index (χ0n) is 9.19. The molecule has 4 heteroatoms. The summed E-state index contributed by atoms with van der Waals surface area (Å²) in [7, 11) is 0. The van der Waals surface area contributed by atoms with E-state index in [0.29, 0.717) is 0 Å². The number of Topliss-reactive ketones (excluding diaryl/α,β-unsaturated/α-hetero) is 1. The van der Waals surface area contributed by atoms with Gasteiger partial charge in [0.2, 0.25) is 5.78 Å². The Bertz CT molecular complexity index is 394. The first-order chi connectivity index (χ1) is 7.30. The van der Waals surface area contributed by atoms with E-state index in [2.05, 4.69) is 0 Å². The van der Waals surface area contributed by atoms with Gasteiger partial charge in [-0.15, -0.1) is 0 Å². The number of rotatable bonds is 3. The average Bonchev–Trinajstić information content (AvgIpc) is 2.14. The molecule has 0 heterocycles. The molecule has 0 atom stereocenters. The Hall–Kier alpha value is -1.32. The molecule has 1 rings (SSSR count). The van der Waals surface area contributed by atoms with Crippen molar-refractivity contribution in [2.24, 2.45) is 0 Å². The van der Waals surface area contributed by atoms with E-state index >= 15 is 0 Å². The van der Waals surface area contributed by atoms with Crippen LogP contribution in [0.3, 0.4) is 0 Å². The number of carbonyl (C=O) groups excluding carboxylic acids is 1. The lowest BCUT2D eigenvalue weighted by Crippen LogP contribution is -2.22. The summed E-state index contributed by atoms with van der Waals surface area (Å²) in [4.78, 5) is 10.7. The van der Waals surface area contributed by atoms with E-state index in [0.717, 1.165) is 16.7 Å². The minimum absolute atomic E-state index is 0.143. The van der Waals surface area contributed by atoms with Crippen molar-refractivity contribution in [2.75, 3.05) is 0 Å². The maximum atomic E-state index is 12.0. The number of aryl methyl sites for hydroxylation is 3. The van der Waals surface area contributed by atoms with Crippen molar-refractivity contribution in [3.63, 3.8) is 0 Å². The standard InChI is InChI=1S/C12H13F3O/c1-8-3-4-10(9(2)7-8)5-6-11(16)12(13,14)15/h3-4,7H,5-6H2,1-2H3. The van der Waals surface area contributed by atoms with Gasteiger partial charge in [0.1, 0.15) is 0 Å². The van der Waals surface area contributed by atoms with Crippen LogP contribution in [0, 0.1) is 13.8 Å². The molecule has 0 unspecified atom stereocenters. The van der Waals surface area contributed by atoms with Gasteiger partial charge in [0, 0.05) is 6.42 Å². The number of ketones is 1. The van der Waals surface area contributed by atoms with Gasteiger partial charge in [-0.3, -0.25) is 4.79 Å². The van der Waals surface area contributed by atoms with E-state index in [-0.39, 0.29) is 6.42 Å². The monoisotopic (exact) mass is 230 g/mol. The lowest BCUT2D eigenvalue weighted by molar-refractivity contribution is -0.171. The SMILES string of the molecule is Cc1ccc(CCC(=O)C(F)(F)F)c(C)c1. The van der Waals surface area contributed by atoms with Crippen LogP contribution in [0.4, 0.5) is 13.2 Å². The summed E-state index contributed by atoms with van der Waals surface area (Å²) in [6.45, 7) is 3.75. The summed E-state index contributed by atoms with van der Waals surface area (Å²) in [5.74, 6) is -1.66. The van der Waals surface area contributed by atoms with Crippen molar-refractivity contribution in [2.45, 2.75) is 32.9 Å². The van der Waals surface area contributed by atoms with E-state index in [1.54, 1.807) is 6.07 Å². The van der Waals surface area contributed by atoms with Crippen LogP contribution in [0.5, 0.6) is 0 Å². The second-order valence-electron chi connectivity index (χ2n) is 3.85. The van der Waals surface area contributed by atoms with Gasteiger partial charge in [-0.2, -0.15) is 13.2 Å². The molecule has 1 aromatic rings. The van der Waals surface area contributed by atoms with Gasteiger partial charge < -0.3 is 0 Å². The Balaban J connectivity index is 2.65. The Morgan fingerprint density at radius 2 is 1.88 bits per heavy atom. The van der Waals surface area contributed by atoms with Crippen LogP contribution in [0.15, 0.2) is 18.2 Å². The van der Waals surface area contributed by atoms with Gasteiger partial charge in [-0.25, -0.2) is 0 Å². The molecule has 0 bridgehead atoms. The predicted molar refractivity (Wildman–Crippen MR) is 55.3 cm³/mol. The highest BCUT2D eigenvalue weighted by atomic mass is 19.4. The normalized spacial score (nSPS) is 11.6. The zero-order chi connectivity index (χ0) is 12.3. The second kappa shape index (κ2) is 4.68. The Morgan fingerprint density at radius 1 is 1.25 bits per heavy atom. The average molecular weight is 230 g/mol. The lowest BCUT2D eigenvalue weighted by atomic mass is 10.0. The smallest absolute Gasteiger partial charge is 0.290 e. The molecule has 0 saturated heterocycles. The minimum Gasteiger partial charge on any atom is -0.290 e. The molecule has 0 aromatic heterocycles. The molecule has 1 nitrogen and oxygen atoms in total. The van der Waals surface area contributed by atoms with Crippen LogP contribution in [0.25, 0.3) is 0 Å². The van der Waals surface area contributed by atoms with Gasteiger partial charge in [-0.05, 0) is 31.4 Å². The highest BCUT2D eigenvalue weighted by molar-refractivity contribution is 5.84. The molecule has 0 fully saturated rings. The van der Waals surface area contributed by atoms with Gasteiger partial charge >= 0.3 is 6.18 Å². The predicted octanol–water partition coefficient (Wildman–Crippen LogP) is 3.37. The first-order valence-electron chi connectivity index (χ1n) is 4.97. The largest absolute Gasteiger partial charge is 0.449 e. The molecule has 1 aromatic carbocycles. The van der Waals surface area contributed by atoms with E-state index in [4.69, 9.17) is 0 Å². The van der Waals surface area contributed by atoms with Gasteiger partial charge in [-0.1, -0.05) is 23.8 Å². The first kappa shape index (κ1) is 12.7. The molecule has 0 amide bonds. The lowest BCUT2D eigenvalue weighted by Gasteiger charge is -2.08. The fourth-order valence-electron chi connectivity index (χ4n) is 1.52. The van der Waals surface area contributed by atoms with Crippen molar-refractivity contribution in [1.29, 1.82) is 0 Å². The third-order valence-corrected chi connectivity index (χ3v) is 2.44. The Kier molecular flexibility index (Phi) is 3.73. The third kappa shape index (κ3) is 3.36. The maximum absolute atomic E-state index is 12.0. The van der Waals surface area contributed by atoms with Crippen molar-refractivity contribution in [3.8, 4) is 0 Å². The molecule has 0 aliphatic carbocycles. The quantitative estimate of drug-likeness (QED) is 0.778. The summed E-state index contributed by atoms with van der Waals surface area (Å²) in [5.41, 5.74) is 2.78. The Labute approximate surface area is 92.3 Å². The summed E-state index contributed by atoms with van der Waals surface area (Å²) < 4.78 is 35.9. The fraction of sp³-hybridized carbons (Fsp3) is 0.417. The molecular formula is C12H13F3O. The summed E-state index contributed by atoms with van der Waals surface area (Å²) in [6.07, 6.45) is -5.05. The van der Waals surface area contributed by atoms with E-state index in [9.17, 15) is 18.0 Å². The van der Waals surface area contributed by atoms with Crippen molar-refractivity contribution in [3.05, 3.63) is 34.9 Å². The highest BCUT2D eigenvalue weighted by Gasteiger charge is 2.37. The van der Waals surface area contributed by atoms with E-state index in [1.165, 1.54) is 0 Å². The van der Waals surface area contributed by atoms with Crippen LogP contribution >= 0.6 is 0 Å². The molecule has 16 heavy (non-hydrogen) atoms. The minimum atomic E-state index is -4.71. The number of carbonyl (C=O) groups is 1. The van der Waals surface area contributed by atoms with Crippen molar-refractivity contribution < 1.29 is 18.0 Å². The molecule has 0 saturated carbocycles. The van der Waals surface area contributed by atoms with Crippen LogP contribution in [0.2, 0.25) is 0 Å². The zero-order valence-corrected chi connectivity index (χ0v) is 9.19. The highest BCUT2D eigenvalue weighted by Crippen LogP contribution is 2.20. The molecule has 88 valence electrons. The molecule has 0 spiro atoms. The molecule has 0 N–H and O–H groups in total. The first-order valence-corrected chi connectivity index (χ1v) is 4.97. The third-order valence-electron chi connectivity index (χ3n) is 2.44. The second-order valence-corrected chi connectivity index (χ2v) is 3.85. The maximum Gasteiger partial charge on any atom is 0.449 e. The number of hydrogen-bond donors (Lipinski definition) is 0. The summed E-state index contributed by atoms with van der Waals surface area (Å²) in [5, 5.41) is 0. The van der Waals surface area contributed by atoms with E-state index in [1.807, 2.05) is 26.0 Å². The molecule has 0 aliphatic rings. The van der Waals surface area contributed by atoms with Crippen molar-refractivity contribution in [1.82, 2.24) is 0 Å².